The second kappa shape index (κ2) is 5.67. The smallest absolute Gasteiger partial charge is 0.0595 e. The Kier molecular flexibility index (Phi) is 2.99. The van der Waals surface area contributed by atoms with E-state index in [4.69, 9.17) is 27.3 Å². The van der Waals surface area contributed by atoms with Crippen LogP contribution >= 0.6 is 23.2 Å². The third-order valence-corrected chi connectivity index (χ3v) is 4.73. The SMILES string of the molecule is [2H]C([2H])([2H])Nc1cccc2c1CCCC2c1ccc(Cl)c(Cl)c1. The molecule has 0 bridgehead atoms. The number of rotatable bonds is 2. The van der Waals surface area contributed by atoms with Crippen molar-refractivity contribution in [2.24, 2.45) is 0 Å². The van der Waals surface area contributed by atoms with E-state index in [9.17, 15) is 0 Å². The van der Waals surface area contributed by atoms with E-state index in [-0.39, 0.29) is 5.92 Å². The summed E-state index contributed by atoms with van der Waals surface area (Å²) in [4.78, 5) is 0. The molecule has 0 radical (unpaired) electrons. The summed E-state index contributed by atoms with van der Waals surface area (Å²) in [6, 6.07) is 11.5. The molecule has 104 valence electrons. The first-order valence-corrected chi connectivity index (χ1v) is 7.46. The number of halogens is 2. The second-order valence-electron chi connectivity index (χ2n) is 5.12. The van der Waals surface area contributed by atoms with Crippen molar-refractivity contribution < 1.29 is 4.11 Å². The topological polar surface area (TPSA) is 12.0 Å². The predicted octanol–water partition coefficient (Wildman–Crippen LogP) is 5.50. The molecule has 20 heavy (non-hydrogen) atoms. The Bertz CT molecular complexity index is 728. The molecule has 0 amide bonds. The molecule has 3 rings (SSSR count). The zero-order valence-electron chi connectivity index (χ0n) is 13.9. The van der Waals surface area contributed by atoms with Crippen LogP contribution in [0.4, 0.5) is 5.69 Å². The highest BCUT2D eigenvalue weighted by molar-refractivity contribution is 6.42. The van der Waals surface area contributed by atoms with Gasteiger partial charge in [-0.25, -0.2) is 0 Å². The lowest BCUT2D eigenvalue weighted by atomic mass is 9.78. The maximum absolute atomic E-state index is 7.44. The Balaban J connectivity index is 2.02. The third kappa shape index (κ3) is 2.41. The molecule has 3 heteroatoms. The molecule has 2 aromatic carbocycles. The molecule has 0 fully saturated rings. The van der Waals surface area contributed by atoms with Crippen LogP contribution < -0.4 is 5.32 Å². The van der Waals surface area contributed by atoms with Crippen LogP contribution in [-0.4, -0.2) is 6.98 Å². The predicted molar refractivity (Wildman–Crippen MR) is 87.2 cm³/mol. The summed E-state index contributed by atoms with van der Waals surface area (Å²) < 4.78 is 22.3. The van der Waals surface area contributed by atoms with E-state index in [0.29, 0.717) is 15.7 Å². The van der Waals surface area contributed by atoms with Gasteiger partial charge in [-0.05, 0) is 54.2 Å². The molecule has 1 aliphatic rings. The molecule has 1 aliphatic carbocycles. The van der Waals surface area contributed by atoms with Gasteiger partial charge in [-0.15, -0.1) is 0 Å². The van der Waals surface area contributed by atoms with Crippen molar-refractivity contribution in [2.75, 3.05) is 12.3 Å². The highest BCUT2D eigenvalue weighted by atomic mass is 35.5. The van der Waals surface area contributed by atoms with Crippen LogP contribution in [0.5, 0.6) is 0 Å². The van der Waals surface area contributed by atoms with Gasteiger partial charge in [0.15, 0.2) is 0 Å². The van der Waals surface area contributed by atoms with Crippen molar-refractivity contribution >= 4 is 28.9 Å². The van der Waals surface area contributed by atoms with E-state index < -0.39 is 6.98 Å². The van der Waals surface area contributed by atoms with Crippen molar-refractivity contribution in [3.05, 3.63) is 63.1 Å². The van der Waals surface area contributed by atoms with Gasteiger partial charge in [0.25, 0.3) is 0 Å². The molecule has 0 spiro atoms. The summed E-state index contributed by atoms with van der Waals surface area (Å²) in [5.41, 5.74) is 4.08. The van der Waals surface area contributed by atoms with Gasteiger partial charge < -0.3 is 5.32 Å². The normalized spacial score (nSPS) is 20.5. The first-order valence-electron chi connectivity index (χ1n) is 8.20. The van der Waals surface area contributed by atoms with E-state index in [1.807, 2.05) is 30.3 Å². The molecule has 1 nitrogen and oxygen atoms in total. The first kappa shape index (κ1) is 10.5. The number of hydrogen-bond donors (Lipinski definition) is 1. The van der Waals surface area contributed by atoms with E-state index in [0.717, 1.165) is 30.4 Å². The first-order chi connectivity index (χ1) is 10.8. The van der Waals surface area contributed by atoms with E-state index in [2.05, 4.69) is 11.4 Å². The summed E-state index contributed by atoms with van der Waals surface area (Å²) in [6.45, 7) is -2.19. The van der Waals surface area contributed by atoms with Gasteiger partial charge >= 0.3 is 0 Å². The van der Waals surface area contributed by atoms with Crippen molar-refractivity contribution in [2.45, 2.75) is 25.2 Å². The lowest BCUT2D eigenvalue weighted by Gasteiger charge is -2.28. The van der Waals surface area contributed by atoms with Gasteiger partial charge in [0.05, 0.1) is 10.0 Å². The Morgan fingerprint density at radius 1 is 1.20 bits per heavy atom. The van der Waals surface area contributed by atoms with Gasteiger partial charge in [0.2, 0.25) is 0 Å². The Morgan fingerprint density at radius 2 is 2.10 bits per heavy atom. The van der Waals surface area contributed by atoms with Crippen molar-refractivity contribution in [3.63, 3.8) is 0 Å². The van der Waals surface area contributed by atoms with Gasteiger partial charge in [0, 0.05) is 22.7 Å². The fraction of sp³-hybridized carbons (Fsp3) is 0.294. The average molecular weight is 309 g/mol. The molecule has 0 saturated heterocycles. The van der Waals surface area contributed by atoms with Crippen LogP contribution in [-0.2, 0) is 6.42 Å². The summed E-state index contributed by atoms with van der Waals surface area (Å²) in [5, 5.41) is 3.75. The zero-order valence-corrected chi connectivity index (χ0v) is 12.4. The highest BCUT2D eigenvalue weighted by Gasteiger charge is 2.23. The lowest BCUT2D eigenvalue weighted by molar-refractivity contribution is 0.617. The lowest BCUT2D eigenvalue weighted by Crippen LogP contribution is -2.13. The molecule has 1 atom stereocenters. The van der Waals surface area contributed by atoms with Crippen LogP contribution in [0.3, 0.4) is 0 Å². The van der Waals surface area contributed by atoms with Gasteiger partial charge in [-0.2, -0.15) is 0 Å². The number of benzene rings is 2. The molecule has 1 N–H and O–H groups in total. The van der Waals surface area contributed by atoms with E-state index in [1.165, 1.54) is 5.56 Å². The number of nitrogens with one attached hydrogen (secondary N) is 1. The van der Waals surface area contributed by atoms with E-state index >= 15 is 0 Å². The molecule has 2 aromatic rings. The molecule has 0 heterocycles. The number of hydrogen-bond acceptors (Lipinski definition) is 1. The molecule has 0 aliphatic heterocycles. The maximum atomic E-state index is 7.44. The summed E-state index contributed by atoms with van der Waals surface area (Å²) in [5.74, 6) is 0.215. The average Bonchev–Trinajstić information content (AvgIpc) is 2.48. The minimum Gasteiger partial charge on any atom is -0.388 e. The quantitative estimate of drug-likeness (QED) is 0.772. The summed E-state index contributed by atoms with van der Waals surface area (Å²) in [7, 11) is 0. The summed E-state index contributed by atoms with van der Waals surface area (Å²) in [6.07, 6.45) is 2.91. The highest BCUT2D eigenvalue weighted by Crippen LogP contribution is 2.40. The van der Waals surface area contributed by atoms with Gasteiger partial charge in [0.1, 0.15) is 0 Å². The number of fused-ring (bicyclic) bond motifs is 1. The largest absolute Gasteiger partial charge is 0.388 e. The van der Waals surface area contributed by atoms with Crippen molar-refractivity contribution in [1.82, 2.24) is 0 Å². The Morgan fingerprint density at radius 3 is 2.90 bits per heavy atom. The fourth-order valence-electron chi connectivity index (χ4n) is 3.04. The van der Waals surface area contributed by atoms with Crippen LogP contribution in [0, 0.1) is 0 Å². The van der Waals surface area contributed by atoms with Crippen molar-refractivity contribution in [1.29, 1.82) is 0 Å². The van der Waals surface area contributed by atoms with Crippen LogP contribution in [0.2, 0.25) is 10.0 Å². The van der Waals surface area contributed by atoms with Crippen LogP contribution in [0.15, 0.2) is 36.4 Å². The van der Waals surface area contributed by atoms with Gasteiger partial charge in [-0.3, -0.25) is 0 Å². The molecular weight excluding hydrogens is 289 g/mol. The molecule has 0 saturated carbocycles. The second-order valence-corrected chi connectivity index (χ2v) is 5.93. The van der Waals surface area contributed by atoms with Crippen LogP contribution in [0.25, 0.3) is 0 Å². The monoisotopic (exact) mass is 308 g/mol. The minimum atomic E-state index is -2.19. The minimum absolute atomic E-state index is 0.215. The Hall–Kier alpha value is -1.18. The Labute approximate surface area is 134 Å². The zero-order chi connectivity index (χ0) is 16.6. The number of anilines is 1. The van der Waals surface area contributed by atoms with E-state index in [1.54, 1.807) is 0 Å². The fourth-order valence-corrected chi connectivity index (χ4v) is 3.35. The van der Waals surface area contributed by atoms with Crippen molar-refractivity contribution in [3.8, 4) is 0 Å². The maximum Gasteiger partial charge on any atom is 0.0595 e. The third-order valence-electron chi connectivity index (χ3n) is 3.99. The standard InChI is InChI=1S/C17H17Cl2N/c1-20-17-7-3-5-13-12(4-2-6-14(13)17)11-8-9-15(18)16(19)10-11/h3,5,7-10,12,20H,2,4,6H2,1H3/i1D3. The van der Waals surface area contributed by atoms with Crippen LogP contribution in [0.1, 0.15) is 39.6 Å². The van der Waals surface area contributed by atoms with Gasteiger partial charge in [-0.1, -0.05) is 41.4 Å². The molecular formula is C17H17Cl2N. The summed E-state index contributed by atoms with van der Waals surface area (Å²) >= 11 is 12.2. The molecule has 0 aromatic heterocycles. The molecule has 1 unspecified atom stereocenters.